The first-order valence-electron chi connectivity index (χ1n) is 9.28. The third kappa shape index (κ3) is 4.04. The van der Waals surface area contributed by atoms with Crippen LogP contribution >= 0.6 is 0 Å². The molecule has 0 aliphatic carbocycles. The summed E-state index contributed by atoms with van der Waals surface area (Å²) in [6, 6.07) is 14.3. The molecule has 0 aliphatic rings. The van der Waals surface area contributed by atoms with Gasteiger partial charge in [-0.1, -0.05) is 48.1 Å². The zero-order valence-corrected chi connectivity index (χ0v) is 16.8. The number of carbonyl (C=O) groups excluding carboxylic acids is 1. The lowest BCUT2D eigenvalue weighted by Crippen LogP contribution is -2.20. The van der Waals surface area contributed by atoms with Crippen LogP contribution in [-0.2, 0) is 4.79 Å². The quantitative estimate of drug-likeness (QED) is 0.399. The number of hydrogen-bond donors (Lipinski definition) is 1. The highest BCUT2D eigenvalue weighted by atomic mass is 16.6. The zero-order valence-electron chi connectivity index (χ0n) is 16.8. The van der Waals surface area contributed by atoms with E-state index >= 15 is 0 Å². The number of rotatable bonds is 4. The van der Waals surface area contributed by atoms with Crippen molar-refractivity contribution in [2.24, 2.45) is 0 Å². The Morgan fingerprint density at radius 2 is 1.94 bits per heavy atom. The van der Waals surface area contributed by atoms with E-state index in [1.165, 1.54) is 14.0 Å². The molecule has 4 rings (SSSR count). The third-order valence-corrected chi connectivity index (χ3v) is 4.45. The van der Waals surface area contributed by atoms with Gasteiger partial charge in [-0.05, 0) is 23.8 Å². The Morgan fingerprint density at radius 1 is 1.16 bits per heavy atom. The van der Waals surface area contributed by atoms with Crippen molar-refractivity contribution in [1.29, 1.82) is 0 Å². The molecule has 0 atom stereocenters. The van der Waals surface area contributed by atoms with Crippen molar-refractivity contribution in [3.05, 3.63) is 86.0 Å². The van der Waals surface area contributed by atoms with Crippen molar-refractivity contribution in [3.63, 3.8) is 0 Å². The number of esters is 1. The van der Waals surface area contributed by atoms with E-state index in [4.69, 9.17) is 18.4 Å². The van der Waals surface area contributed by atoms with Gasteiger partial charge in [0.15, 0.2) is 16.9 Å². The molecule has 0 amide bonds. The number of aromatic amines is 1. The summed E-state index contributed by atoms with van der Waals surface area (Å²) in [6.07, 6.45) is 1.59. The number of carbonyl (C=O) groups is 1. The first-order valence-corrected chi connectivity index (χ1v) is 9.28. The van der Waals surface area contributed by atoms with E-state index in [-0.39, 0.29) is 22.1 Å². The average Bonchev–Trinajstić information content (AvgIpc) is 3.31. The van der Waals surface area contributed by atoms with Crippen LogP contribution < -0.4 is 25.9 Å². The molecule has 8 heteroatoms. The molecule has 156 valence electrons. The molecule has 0 unspecified atom stereocenters. The normalized spacial score (nSPS) is 12.6. The van der Waals surface area contributed by atoms with Gasteiger partial charge in [0.25, 0.3) is 0 Å². The van der Waals surface area contributed by atoms with Gasteiger partial charge in [-0.2, -0.15) is 0 Å². The lowest BCUT2D eigenvalue weighted by Gasteiger charge is -2.08. The number of nitrogens with one attached hydrogen (secondary N) is 1. The fourth-order valence-corrected chi connectivity index (χ4v) is 3.09. The van der Waals surface area contributed by atoms with Crippen molar-refractivity contribution in [3.8, 4) is 22.8 Å². The Hall–Kier alpha value is -4.33. The van der Waals surface area contributed by atoms with Gasteiger partial charge in [0, 0.05) is 12.5 Å². The SMILES string of the molecule is C=c1onc(-c2ccccc2)c1=c1[nH]/c(=C\c2ccc(OC(C)=O)c(OC)c2)c(=O)o1. The van der Waals surface area contributed by atoms with Crippen molar-refractivity contribution >= 4 is 18.6 Å². The van der Waals surface area contributed by atoms with Crippen molar-refractivity contribution in [1.82, 2.24) is 10.1 Å². The van der Waals surface area contributed by atoms with Gasteiger partial charge < -0.3 is 23.4 Å². The van der Waals surface area contributed by atoms with Crippen LogP contribution in [0.15, 0.2) is 62.3 Å². The molecule has 0 saturated carbocycles. The van der Waals surface area contributed by atoms with E-state index in [9.17, 15) is 9.59 Å². The molecule has 1 N–H and O–H groups in total. The summed E-state index contributed by atoms with van der Waals surface area (Å²) < 4.78 is 21.0. The summed E-state index contributed by atoms with van der Waals surface area (Å²) in [6.45, 7) is 5.14. The molecule has 0 aliphatic heterocycles. The van der Waals surface area contributed by atoms with Crippen LogP contribution in [0.4, 0.5) is 0 Å². The molecule has 2 heterocycles. The summed E-state index contributed by atoms with van der Waals surface area (Å²) in [5.74, 6) is 0.173. The average molecular weight is 418 g/mol. The molecule has 2 aromatic heterocycles. The highest BCUT2D eigenvalue weighted by Crippen LogP contribution is 2.28. The lowest BCUT2D eigenvalue weighted by molar-refractivity contribution is -0.132. The van der Waals surface area contributed by atoms with Gasteiger partial charge in [-0.25, -0.2) is 4.79 Å². The fraction of sp³-hybridized carbons (Fsp3) is 0.0870. The number of oxazole rings is 1. The molecule has 4 aromatic rings. The van der Waals surface area contributed by atoms with Gasteiger partial charge in [0.2, 0.25) is 5.55 Å². The molecule has 2 aromatic carbocycles. The Labute approximate surface area is 175 Å². The highest BCUT2D eigenvalue weighted by Gasteiger charge is 2.11. The minimum Gasteiger partial charge on any atom is -0.493 e. The minimum atomic E-state index is -0.572. The molecular weight excluding hydrogens is 400 g/mol. The fourth-order valence-electron chi connectivity index (χ4n) is 3.09. The topological polar surface area (TPSA) is 108 Å². The number of nitrogens with zero attached hydrogens (tertiary/aromatic N) is 1. The number of hydrogen-bond acceptors (Lipinski definition) is 7. The zero-order chi connectivity index (χ0) is 22.0. The van der Waals surface area contributed by atoms with E-state index in [1.54, 1.807) is 24.3 Å². The Bertz CT molecular complexity index is 1510. The maximum Gasteiger partial charge on any atom is 0.361 e. The van der Waals surface area contributed by atoms with E-state index in [2.05, 4.69) is 16.7 Å². The van der Waals surface area contributed by atoms with Crippen LogP contribution in [0, 0.1) is 10.8 Å². The molecule has 0 saturated heterocycles. The number of methoxy groups -OCH3 is 1. The smallest absolute Gasteiger partial charge is 0.361 e. The summed E-state index contributed by atoms with van der Waals surface area (Å²) in [5, 5.41) is 4.72. The summed E-state index contributed by atoms with van der Waals surface area (Å²) in [7, 11) is 1.46. The van der Waals surface area contributed by atoms with Crippen LogP contribution in [0.25, 0.3) is 23.9 Å². The van der Waals surface area contributed by atoms with E-state index < -0.39 is 11.6 Å². The second kappa shape index (κ2) is 8.19. The first kappa shape index (κ1) is 20.0. The van der Waals surface area contributed by atoms with Crippen LogP contribution in [0.3, 0.4) is 0 Å². The van der Waals surface area contributed by atoms with Crippen LogP contribution in [-0.4, -0.2) is 23.2 Å². The van der Waals surface area contributed by atoms with Crippen molar-refractivity contribution in [2.45, 2.75) is 6.92 Å². The minimum absolute atomic E-state index is 0.185. The van der Waals surface area contributed by atoms with E-state index in [0.717, 1.165) is 5.56 Å². The Morgan fingerprint density at radius 3 is 2.65 bits per heavy atom. The molecule has 0 fully saturated rings. The second-order valence-electron chi connectivity index (χ2n) is 6.60. The maximum atomic E-state index is 12.5. The number of H-pyrrole nitrogens is 1. The highest BCUT2D eigenvalue weighted by molar-refractivity contribution is 5.71. The standard InChI is InChI=1S/C23H18N2O6/c1-13-20(21(25-31-13)16-7-5-4-6-8-16)22-24-17(23(27)30-22)11-15-9-10-18(29-14(2)26)19(12-15)28-3/h4-12,24H,1H2,2-3H3/b17-11-,22-20?. The van der Waals surface area contributed by atoms with Gasteiger partial charge in [-0.3, -0.25) is 4.79 Å². The summed E-state index contributed by atoms with van der Waals surface area (Å²) in [4.78, 5) is 26.6. The molecule has 8 nitrogen and oxygen atoms in total. The molecule has 0 radical (unpaired) electrons. The largest absolute Gasteiger partial charge is 0.493 e. The second-order valence-corrected chi connectivity index (χ2v) is 6.60. The third-order valence-electron chi connectivity index (χ3n) is 4.45. The van der Waals surface area contributed by atoms with Gasteiger partial charge in [-0.15, -0.1) is 0 Å². The monoisotopic (exact) mass is 418 g/mol. The predicted molar refractivity (Wildman–Crippen MR) is 112 cm³/mol. The van der Waals surface area contributed by atoms with Crippen molar-refractivity contribution in [2.75, 3.05) is 7.11 Å². The molecule has 0 spiro atoms. The van der Waals surface area contributed by atoms with Crippen LogP contribution in [0.2, 0.25) is 0 Å². The summed E-state index contributed by atoms with van der Waals surface area (Å²) >= 11 is 0. The predicted octanol–water partition coefficient (Wildman–Crippen LogP) is 2.08. The maximum absolute atomic E-state index is 12.5. The first-order chi connectivity index (χ1) is 15.0. The Balaban J connectivity index is 1.88. The molecule has 0 bridgehead atoms. The molecular formula is C23H18N2O6. The van der Waals surface area contributed by atoms with Gasteiger partial charge in [0.05, 0.1) is 7.11 Å². The van der Waals surface area contributed by atoms with Crippen LogP contribution in [0.5, 0.6) is 11.5 Å². The van der Waals surface area contributed by atoms with Crippen LogP contribution in [0.1, 0.15) is 12.5 Å². The number of benzene rings is 2. The lowest BCUT2D eigenvalue weighted by atomic mass is 10.1. The van der Waals surface area contributed by atoms with E-state index in [0.29, 0.717) is 22.2 Å². The number of aromatic nitrogens is 2. The van der Waals surface area contributed by atoms with E-state index in [1.807, 2.05) is 30.3 Å². The van der Waals surface area contributed by atoms with Gasteiger partial charge in [0.1, 0.15) is 16.3 Å². The molecule has 31 heavy (non-hydrogen) atoms. The van der Waals surface area contributed by atoms with Crippen molar-refractivity contribution < 1.29 is 23.2 Å². The Kier molecular flexibility index (Phi) is 5.28. The van der Waals surface area contributed by atoms with Gasteiger partial charge >= 0.3 is 11.6 Å². The summed E-state index contributed by atoms with van der Waals surface area (Å²) in [5.41, 5.74) is 1.82. The number of ether oxygens (including phenoxy) is 2.